The van der Waals surface area contributed by atoms with Crippen LogP contribution < -0.4 is 4.90 Å². The third-order valence-electron chi connectivity index (χ3n) is 5.26. The van der Waals surface area contributed by atoms with E-state index in [9.17, 15) is 9.90 Å². The van der Waals surface area contributed by atoms with Crippen molar-refractivity contribution in [2.75, 3.05) is 25.0 Å². The number of aromatic nitrogens is 2. The number of hydrogen-bond donors (Lipinski definition) is 2. The van der Waals surface area contributed by atoms with Crippen molar-refractivity contribution in [1.82, 2.24) is 15.1 Å². The summed E-state index contributed by atoms with van der Waals surface area (Å²) >= 11 is 0. The average molecular weight is 326 g/mol. The van der Waals surface area contributed by atoms with Gasteiger partial charge in [-0.15, -0.1) is 0 Å². The van der Waals surface area contributed by atoms with Gasteiger partial charge in [-0.1, -0.05) is 18.2 Å². The number of nitrogens with one attached hydrogen (secondary N) is 1. The molecule has 0 bridgehead atoms. The Bertz CT molecular complexity index is 770. The molecule has 2 aliphatic rings. The average Bonchev–Trinajstić information content (AvgIpc) is 3.04. The van der Waals surface area contributed by atoms with Gasteiger partial charge in [-0.2, -0.15) is 5.10 Å². The van der Waals surface area contributed by atoms with E-state index in [-0.39, 0.29) is 18.4 Å². The van der Waals surface area contributed by atoms with Gasteiger partial charge < -0.3 is 14.9 Å². The lowest BCUT2D eigenvalue weighted by atomic mass is 9.88. The van der Waals surface area contributed by atoms with Crippen molar-refractivity contribution in [1.29, 1.82) is 0 Å². The Balaban J connectivity index is 1.58. The predicted octanol–water partition coefficient (Wildman–Crippen LogP) is 1.41. The van der Waals surface area contributed by atoms with Gasteiger partial charge in [0, 0.05) is 31.4 Å². The molecule has 4 rings (SSSR count). The number of para-hydroxylation sites is 1. The number of rotatable bonds is 2. The van der Waals surface area contributed by atoms with Crippen LogP contribution in [-0.2, 0) is 24.4 Å². The Labute approximate surface area is 141 Å². The minimum Gasteiger partial charge on any atom is -0.390 e. The van der Waals surface area contributed by atoms with Gasteiger partial charge in [-0.25, -0.2) is 0 Å². The molecular weight excluding hydrogens is 304 g/mol. The first-order chi connectivity index (χ1) is 11.7. The zero-order chi connectivity index (χ0) is 16.7. The van der Waals surface area contributed by atoms with Crippen LogP contribution in [0.2, 0.25) is 0 Å². The summed E-state index contributed by atoms with van der Waals surface area (Å²) in [6.45, 7) is 2.08. The highest BCUT2D eigenvalue weighted by molar-refractivity contribution is 5.86. The fourth-order valence-electron chi connectivity index (χ4n) is 3.91. The molecule has 1 aromatic carbocycles. The molecule has 2 N–H and O–H groups in total. The van der Waals surface area contributed by atoms with Gasteiger partial charge in [0.2, 0.25) is 5.91 Å². The smallest absolute Gasteiger partial charge is 0.230 e. The molecule has 0 fully saturated rings. The first-order valence-electron chi connectivity index (χ1n) is 8.43. The largest absolute Gasteiger partial charge is 0.390 e. The summed E-state index contributed by atoms with van der Waals surface area (Å²) in [5.74, 6) is 0.125. The molecule has 6 nitrogen and oxygen atoms in total. The van der Waals surface area contributed by atoms with E-state index in [2.05, 4.69) is 34.3 Å². The van der Waals surface area contributed by atoms with E-state index in [0.717, 1.165) is 41.9 Å². The molecule has 2 aromatic rings. The van der Waals surface area contributed by atoms with E-state index in [4.69, 9.17) is 0 Å². The fourth-order valence-corrected chi connectivity index (χ4v) is 3.91. The number of fused-ring (bicyclic) bond motifs is 2. The number of carbonyl (C=O) groups is 1. The molecule has 0 radical (unpaired) electrons. The van der Waals surface area contributed by atoms with Gasteiger partial charge in [-0.05, 0) is 24.5 Å². The summed E-state index contributed by atoms with van der Waals surface area (Å²) in [5.41, 5.74) is 5.03. The summed E-state index contributed by atoms with van der Waals surface area (Å²) < 4.78 is 0. The van der Waals surface area contributed by atoms with Crippen LogP contribution in [0, 0.1) is 0 Å². The molecule has 0 saturated carbocycles. The Morgan fingerprint density at radius 2 is 2.21 bits per heavy atom. The van der Waals surface area contributed by atoms with Crippen LogP contribution in [0.15, 0.2) is 24.3 Å². The number of aromatic amines is 1. The number of hydrogen-bond acceptors (Lipinski definition) is 4. The molecule has 1 unspecified atom stereocenters. The van der Waals surface area contributed by atoms with Crippen LogP contribution >= 0.6 is 0 Å². The lowest BCUT2D eigenvalue weighted by Gasteiger charge is -2.36. The maximum absolute atomic E-state index is 13.1. The van der Waals surface area contributed by atoms with E-state index < -0.39 is 0 Å². The molecule has 6 heteroatoms. The number of H-pyrrole nitrogens is 1. The molecule has 0 saturated heterocycles. The van der Waals surface area contributed by atoms with Crippen molar-refractivity contribution >= 4 is 11.6 Å². The van der Waals surface area contributed by atoms with Crippen LogP contribution in [0.3, 0.4) is 0 Å². The Morgan fingerprint density at radius 1 is 1.38 bits per heavy atom. The lowest BCUT2D eigenvalue weighted by molar-refractivity contribution is -0.134. The Kier molecular flexibility index (Phi) is 3.76. The molecule has 24 heavy (non-hydrogen) atoms. The maximum Gasteiger partial charge on any atom is 0.230 e. The van der Waals surface area contributed by atoms with Crippen molar-refractivity contribution in [3.8, 4) is 0 Å². The topological polar surface area (TPSA) is 72.5 Å². The van der Waals surface area contributed by atoms with Crippen LogP contribution in [0.5, 0.6) is 0 Å². The minimum atomic E-state index is -0.0702. The number of carbonyl (C=O) groups excluding carboxylic acids is 1. The summed E-state index contributed by atoms with van der Waals surface area (Å²) in [6, 6.07) is 8.19. The second kappa shape index (κ2) is 5.94. The zero-order valence-corrected chi connectivity index (χ0v) is 13.8. The number of benzene rings is 1. The number of amides is 1. The standard InChI is InChI=1S/C18H22N4O2/c1-21-8-6-13(12-4-2-3-5-17(12)21)18(24)22-9-7-14-15(10-22)19-20-16(14)11-23/h2-5,13,23H,6-11H2,1H3,(H,19,20). The van der Waals surface area contributed by atoms with Crippen LogP contribution in [-0.4, -0.2) is 46.2 Å². The van der Waals surface area contributed by atoms with Gasteiger partial charge in [0.05, 0.1) is 30.5 Å². The van der Waals surface area contributed by atoms with E-state index in [0.29, 0.717) is 18.8 Å². The highest BCUT2D eigenvalue weighted by Crippen LogP contribution is 2.36. The summed E-state index contributed by atoms with van der Waals surface area (Å²) in [7, 11) is 2.08. The molecule has 1 atom stereocenters. The number of nitrogens with zero attached hydrogens (tertiary/aromatic N) is 3. The number of aliphatic hydroxyl groups excluding tert-OH is 1. The van der Waals surface area contributed by atoms with Crippen LogP contribution in [0.1, 0.15) is 34.9 Å². The predicted molar refractivity (Wildman–Crippen MR) is 90.7 cm³/mol. The third-order valence-corrected chi connectivity index (χ3v) is 5.26. The fraction of sp³-hybridized carbons (Fsp3) is 0.444. The van der Waals surface area contributed by atoms with Crippen molar-refractivity contribution in [2.45, 2.75) is 31.9 Å². The van der Waals surface area contributed by atoms with Crippen molar-refractivity contribution in [2.24, 2.45) is 0 Å². The maximum atomic E-state index is 13.1. The van der Waals surface area contributed by atoms with Crippen molar-refractivity contribution in [3.63, 3.8) is 0 Å². The quantitative estimate of drug-likeness (QED) is 0.875. The second-order valence-corrected chi connectivity index (χ2v) is 6.62. The third kappa shape index (κ3) is 2.38. The van der Waals surface area contributed by atoms with Gasteiger partial charge in [0.25, 0.3) is 0 Å². The van der Waals surface area contributed by atoms with Crippen LogP contribution in [0.4, 0.5) is 5.69 Å². The molecule has 3 heterocycles. The number of anilines is 1. The van der Waals surface area contributed by atoms with Crippen molar-refractivity contribution < 1.29 is 9.90 Å². The monoisotopic (exact) mass is 326 g/mol. The molecule has 126 valence electrons. The van der Waals surface area contributed by atoms with Gasteiger partial charge >= 0.3 is 0 Å². The molecule has 1 aromatic heterocycles. The molecule has 0 spiro atoms. The van der Waals surface area contributed by atoms with Crippen LogP contribution in [0.25, 0.3) is 0 Å². The summed E-state index contributed by atoms with van der Waals surface area (Å²) in [5, 5.41) is 16.5. The molecular formula is C18H22N4O2. The number of aliphatic hydroxyl groups is 1. The normalized spacial score (nSPS) is 19.8. The summed E-state index contributed by atoms with van der Waals surface area (Å²) in [4.78, 5) is 17.3. The van der Waals surface area contributed by atoms with E-state index >= 15 is 0 Å². The lowest BCUT2D eigenvalue weighted by Crippen LogP contribution is -2.41. The first-order valence-corrected chi connectivity index (χ1v) is 8.43. The minimum absolute atomic E-state index is 0.0535. The molecule has 2 aliphatic heterocycles. The second-order valence-electron chi connectivity index (χ2n) is 6.62. The zero-order valence-electron chi connectivity index (χ0n) is 13.8. The first kappa shape index (κ1) is 15.2. The van der Waals surface area contributed by atoms with Gasteiger partial charge in [0.15, 0.2) is 0 Å². The van der Waals surface area contributed by atoms with E-state index in [1.165, 1.54) is 0 Å². The SMILES string of the molecule is CN1CCC(C(=O)N2CCc3c(CO)n[nH]c3C2)c2ccccc21. The Morgan fingerprint density at radius 3 is 3.04 bits per heavy atom. The molecule has 1 amide bonds. The highest BCUT2D eigenvalue weighted by atomic mass is 16.3. The van der Waals surface area contributed by atoms with Crippen molar-refractivity contribution in [3.05, 3.63) is 46.8 Å². The Hall–Kier alpha value is -2.34. The summed E-state index contributed by atoms with van der Waals surface area (Å²) in [6.07, 6.45) is 1.60. The van der Waals surface area contributed by atoms with E-state index in [1.54, 1.807) is 0 Å². The molecule has 0 aliphatic carbocycles. The van der Waals surface area contributed by atoms with Gasteiger partial charge in [-0.3, -0.25) is 9.89 Å². The van der Waals surface area contributed by atoms with Gasteiger partial charge in [0.1, 0.15) is 0 Å². The highest BCUT2D eigenvalue weighted by Gasteiger charge is 2.33. The van der Waals surface area contributed by atoms with E-state index in [1.807, 2.05) is 17.0 Å².